The van der Waals surface area contributed by atoms with Crippen molar-refractivity contribution >= 4 is 23.7 Å². The SMILES string of the molecule is Cc1nccc(N2CCCC(Cn3cc(CN4CCNC(=O)C4)nn3)C2)n1.O=C(O)C(F)(F)F.O=C(O)C(F)(F)F. The summed E-state index contributed by atoms with van der Waals surface area (Å²) in [6.45, 7) is 7.45. The molecule has 2 saturated heterocycles. The van der Waals surface area contributed by atoms with Gasteiger partial charge in [0, 0.05) is 51.7 Å². The molecule has 4 heterocycles. The summed E-state index contributed by atoms with van der Waals surface area (Å²) in [5.41, 5.74) is 0.920. The lowest BCUT2D eigenvalue weighted by atomic mass is 9.98. The average Bonchev–Trinajstić information content (AvgIpc) is 3.30. The molecule has 0 bridgehead atoms. The van der Waals surface area contributed by atoms with Gasteiger partial charge in [-0.2, -0.15) is 26.3 Å². The average molecular weight is 599 g/mol. The van der Waals surface area contributed by atoms with Crippen LogP contribution in [0.15, 0.2) is 18.5 Å². The van der Waals surface area contributed by atoms with Gasteiger partial charge < -0.3 is 20.4 Å². The molecule has 1 amide bonds. The van der Waals surface area contributed by atoms with Crippen molar-refractivity contribution in [2.24, 2.45) is 5.92 Å². The van der Waals surface area contributed by atoms with Crippen LogP contribution in [-0.2, 0) is 27.5 Å². The molecule has 0 aromatic carbocycles. The number of carboxylic acids is 2. The lowest BCUT2D eigenvalue weighted by Gasteiger charge is -2.33. The highest BCUT2D eigenvalue weighted by Gasteiger charge is 2.38. The first kappa shape index (κ1) is 33.2. The predicted molar refractivity (Wildman–Crippen MR) is 127 cm³/mol. The lowest BCUT2D eigenvalue weighted by Crippen LogP contribution is -2.47. The lowest BCUT2D eigenvalue weighted by molar-refractivity contribution is -0.193. The van der Waals surface area contributed by atoms with Crippen molar-refractivity contribution in [3.63, 3.8) is 0 Å². The van der Waals surface area contributed by atoms with Crippen molar-refractivity contribution in [2.45, 2.75) is 45.2 Å². The molecule has 2 aromatic heterocycles. The standard InChI is InChI=1S/C18H26N8O.2C2HF3O2/c1-14-19-5-4-17(21-14)25-7-2-3-15(9-25)10-26-12-16(22-23-26)11-24-8-6-20-18(27)13-24;2*3-2(4,5)1(6)7/h4-5,12,15H,2-3,6-11,13H2,1H3,(H,20,27);2*(H,6,7). The number of alkyl halides is 6. The molecule has 4 rings (SSSR count). The number of aliphatic carboxylic acids is 2. The molecule has 1 atom stereocenters. The molecule has 228 valence electrons. The van der Waals surface area contributed by atoms with Gasteiger partial charge >= 0.3 is 24.3 Å². The topological polar surface area (TPSA) is 167 Å². The molecular formula is C22H28F6N8O5. The third-order valence-corrected chi connectivity index (χ3v) is 5.62. The van der Waals surface area contributed by atoms with E-state index in [-0.39, 0.29) is 5.91 Å². The third kappa shape index (κ3) is 11.9. The summed E-state index contributed by atoms with van der Waals surface area (Å²) in [5.74, 6) is -3.10. The molecule has 0 radical (unpaired) electrons. The van der Waals surface area contributed by atoms with Gasteiger partial charge in [0.15, 0.2) is 0 Å². The molecular weight excluding hydrogens is 570 g/mol. The quantitative estimate of drug-likeness (QED) is 0.427. The fraction of sp³-hybridized carbons (Fsp3) is 0.591. The van der Waals surface area contributed by atoms with E-state index in [0.29, 0.717) is 25.6 Å². The van der Waals surface area contributed by atoms with Crippen LogP contribution in [0.2, 0.25) is 0 Å². The number of hydrogen-bond acceptors (Lipinski definition) is 9. The molecule has 2 fully saturated rings. The van der Waals surface area contributed by atoms with Crippen LogP contribution >= 0.6 is 0 Å². The Hall–Kier alpha value is -4.03. The molecule has 2 aromatic rings. The van der Waals surface area contributed by atoms with Gasteiger partial charge in [0.05, 0.1) is 12.2 Å². The molecule has 13 nitrogen and oxygen atoms in total. The van der Waals surface area contributed by atoms with Crippen molar-refractivity contribution in [1.82, 2.24) is 35.2 Å². The van der Waals surface area contributed by atoms with E-state index in [1.807, 2.05) is 30.1 Å². The second-order valence-corrected chi connectivity index (χ2v) is 9.01. The first-order chi connectivity index (χ1) is 19.0. The summed E-state index contributed by atoms with van der Waals surface area (Å²) in [4.78, 5) is 42.5. The number of carbonyl (C=O) groups is 3. The van der Waals surface area contributed by atoms with E-state index < -0.39 is 24.3 Å². The largest absolute Gasteiger partial charge is 0.490 e. The van der Waals surface area contributed by atoms with Crippen molar-refractivity contribution in [2.75, 3.05) is 37.6 Å². The normalized spacial score (nSPS) is 17.9. The number of halogens is 6. The van der Waals surface area contributed by atoms with Crippen LogP contribution in [0, 0.1) is 12.8 Å². The Balaban J connectivity index is 0.000000349. The first-order valence-electron chi connectivity index (χ1n) is 12.1. The van der Waals surface area contributed by atoms with E-state index in [9.17, 15) is 31.1 Å². The summed E-state index contributed by atoms with van der Waals surface area (Å²) >= 11 is 0. The fourth-order valence-corrected chi connectivity index (χ4v) is 3.86. The number of hydrogen-bond donors (Lipinski definition) is 3. The van der Waals surface area contributed by atoms with Crippen LogP contribution in [0.1, 0.15) is 24.4 Å². The van der Waals surface area contributed by atoms with Crippen molar-refractivity contribution in [3.05, 3.63) is 30.0 Å². The highest BCUT2D eigenvalue weighted by atomic mass is 19.4. The second kappa shape index (κ2) is 14.6. The Morgan fingerprint density at radius 2 is 1.73 bits per heavy atom. The second-order valence-electron chi connectivity index (χ2n) is 9.01. The minimum atomic E-state index is -5.08. The monoisotopic (exact) mass is 598 g/mol. The van der Waals surface area contributed by atoms with E-state index in [0.717, 1.165) is 49.9 Å². The number of carboxylic acid groups (broad SMARTS) is 2. The number of aromatic nitrogens is 5. The molecule has 3 N–H and O–H groups in total. The Bertz CT molecular complexity index is 1150. The molecule has 0 saturated carbocycles. The highest BCUT2D eigenvalue weighted by Crippen LogP contribution is 2.22. The van der Waals surface area contributed by atoms with Gasteiger partial charge in [-0.1, -0.05) is 5.21 Å². The van der Waals surface area contributed by atoms with Gasteiger partial charge in [0.2, 0.25) is 5.91 Å². The fourth-order valence-electron chi connectivity index (χ4n) is 3.86. The Morgan fingerprint density at radius 1 is 1.10 bits per heavy atom. The van der Waals surface area contributed by atoms with Crippen molar-refractivity contribution < 1.29 is 50.9 Å². The summed E-state index contributed by atoms with van der Waals surface area (Å²) in [6, 6.07) is 1.98. The smallest absolute Gasteiger partial charge is 0.475 e. The number of piperazine rings is 1. The maximum Gasteiger partial charge on any atom is 0.490 e. The molecule has 41 heavy (non-hydrogen) atoms. The predicted octanol–water partition coefficient (Wildman–Crippen LogP) is 1.49. The minimum absolute atomic E-state index is 0.0795. The summed E-state index contributed by atoms with van der Waals surface area (Å²) in [7, 11) is 0. The molecule has 2 aliphatic rings. The van der Waals surface area contributed by atoms with Gasteiger partial charge in [-0.25, -0.2) is 19.6 Å². The molecule has 0 aliphatic carbocycles. The van der Waals surface area contributed by atoms with Crippen LogP contribution in [-0.4, -0.2) is 103 Å². The van der Waals surface area contributed by atoms with E-state index in [1.165, 1.54) is 6.42 Å². The highest BCUT2D eigenvalue weighted by molar-refractivity contribution is 5.78. The van der Waals surface area contributed by atoms with Crippen LogP contribution in [0.5, 0.6) is 0 Å². The Morgan fingerprint density at radius 3 is 2.29 bits per heavy atom. The van der Waals surface area contributed by atoms with Crippen LogP contribution in [0.3, 0.4) is 0 Å². The zero-order valence-electron chi connectivity index (χ0n) is 21.7. The number of piperidine rings is 1. The van der Waals surface area contributed by atoms with E-state index >= 15 is 0 Å². The van der Waals surface area contributed by atoms with Gasteiger partial charge in [0.1, 0.15) is 11.6 Å². The third-order valence-electron chi connectivity index (χ3n) is 5.62. The number of nitrogens with one attached hydrogen (secondary N) is 1. The number of nitrogens with zero attached hydrogens (tertiary/aromatic N) is 7. The summed E-state index contributed by atoms with van der Waals surface area (Å²) in [5, 5.41) is 25.7. The van der Waals surface area contributed by atoms with Gasteiger partial charge in [0.25, 0.3) is 0 Å². The Kier molecular flexibility index (Phi) is 11.8. The maximum absolute atomic E-state index is 11.5. The summed E-state index contributed by atoms with van der Waals surface area (Å²) < 4.78 is 65.4. The van der Waals surface area contributed by atoms with E-state index in [1.54, 1.807) is 0 Å². The minimum Gasteiger partial charge on any atom is -0.475 e. The number of aryl methyl sites for hydroxylation is 1. The van der Waals surface area contributed by atoms with Crippen LogP contribution < -0.4 is 10.2 Å². The van der Waals surface area contributed by atoms with Gasteiger partial charge in [-0.3, -0.25) is 14.4 Å². The zero-order chi connectivity index (χ0) is 30.8. The number of rotatable bonds is 5. The summed E-state index contributed by atoms with van der Waals surface area (Å²) in [6.07, 6.45) is -3.99. The molecule has 19 heteroatoms. The molecule has 2 aliphatic heterocycles. The number of amides is 1. The zero-order valence-corrected chi connectivity index (χ0v) is 21.7. The van der Waals surface area contributed by atoms with Crippen LogP contribution in [0.4, 0.5) is 32.2 Å². The van der Waals surface area contributed by atoms with Crippen molar-refractivity contribution in [3.8, 4) is 0 Å². The van der Waals surface area contributed by atoms with Gasteiger partial charge in [-0.05, 0) is 31.7 Å². The maximum atomic E-state index is 11.5. The first-order valence-corrected chi connectivity index (χ1v) is 12.1. The molecule has 1 unspecified atom stereocenters. The van der Waals surface area contributed by atoms with E-state index in [2.05, 4.69) is 35.4 Å². The van der Waals surface area contributed by atoms with E-state index in [4.69, 9.17) is 19.8 Å². The Labute approximate surface area is 229 Å². The van der Waals surface area contributed by atoms with Crippen LogP contribution in [0.25, 0.3) is 0 Å². The van der Waals surface area contributed by atoms with Crippen molar-refractivity contribution in [1.29, 1.82) is 0 Å². The number of anilines is 1. The van der Waals surface area contributed by atoms with Gasteiger partial charge in [-0.15, -0.1) is 5.10 Å². The number of carbonyl (C=O) groups excluding carboxylic acids is 1. The molecule has 0 spiro atoms.